The molecule has 2 amide bonds. The molecule has 2 saturated heterocycles. The number of likely N-dealkylation sites (tertiary alicyclic amines) is 1. The van der Waals surface area contributed by atoms with Crippen LogP contribution in [0.1, 0.15) is 26.2 Å². The summed E-state index contributed by atoms with van der Waals surface area (Å²) >= 11 is 0. The van der Waals surface area contributed by atoms with Gasteiger partial charge in [0.05, 0.1) is 5.92 Å². The van der Waals surface area contributed by atoms with Crippen molar-refractivity contribution in [1.29, 1.82) is 0 Å². The average molecular weight is 373 g/mol. The molecule has 2 fully saturated rings. The van der Waals surface area contributed by atoms with E-state index in [4.69, 9.17) is 15.2 Å². The molecular weight excluding hydrogens is 346 g/mol. The highest BCUT2D eigenvalue weighted by Crippen LogP contribution is 2.36. The Kier molecular flexibility index (Phi) is 4.95. The van der Waals surface area contributed by atoms with E-state index in [9.17, 15) is 9.59 Å². The van der Waals surface area contributed by atoms with Crippen LogP contribution in [0.25, 0.3) is 0 Å². The summed E-state index contributed by atoms with van der Waals surface area (Å²) in [5.74, 6) is 1.65. The lowest BCUT2D eigenvalue weighted by atomic mass is 9.91. The molecule has 4 rings (SSSR count). The second-order valence-corrected chi connectivity index (χ2v) is 7.78. The lowest BCUT2D eigenvalue weighted by molar-refractivity contribution is -0.139. The minimum Gasteiger partial charge on any atom is -0.486 e. The molecule has 1 aromatic rings. The third-order valence-electron chi connectivity index (χ3n) is 5.84. The van der Waals surface area contributed by atoms with Crippen LogP contribution in [0.5, 0.6) is 11.5 Å². The van der Waals surface area contributed by atoms with Crippen molar-refractivity contribution in [2.45, 2.75) is 32.2 Å². The first-order valence-corrected chi connectivity index (χ1v) is 9.77. The third-order valence-corrected chi connectivity index (χ3v) is 5.84. The molecule has 3 aliphatic heterocycles. The van der Waals surface area contributed by atoms with Crippen molar-refractivity contribution in [2.75, 3.05) is 37.7 Å². The molecule has 0 aliphatic carbocycles. The molecule has 0 bridgehead atoms. The van der Waals surface area contributed by atoms with Crippen LogP contribution in [0.3, 0.4) is 0 Å². The fourth-order valence-electron chi connectivity index (χ4n) is 4.32. The van der Waals surface area contributed by atoms with E-state index in [-0.39, 0.29) is 30.2 Å². The number of carbonyl (C=O) groups is 2. The standard InChI is InChI=1S/C20H27N3O4/c1-13-4-5-22(16(8-13)11-21)20(25)14-9-19(24)23(12-14)15-2-3-17-18(10-15)27-7-6-26-17/h2-3,10,13-14,16H,4-9,11-12,21H2,1H3. The van der Waals surface area contributed by atoms with Gasteiger partial charge in [0.1, 0.15) is 13.2 Å². The van der Waals surface area contributed by atoms with E-state index in [1.807, 2.05) is 23.1 Å². The van der Waals surface area contributed by atoms with Gasteiger partial charge in [-0.25, -0.2) is 0 Å². The van der Waals surface area contributed by atoms with E-state index in [2.05, 4.69) is 6.92 Å². The summed E-state index contributed by atoms with van der Waals surface area (Å²) in [5, 5.41) is 0. The van der Waals surface area contributed by atoms with Crippen LogP contribution in [0.4, 0.5) is 5.69 Å². The zero-order valence-electron chi connectivity index (χ0n) is 15.7. The molecule has 27 heavy (non-hydrogen) atoms. The average Bonchev–Trinajstić information content (AvgIpc) is 3.08. The van der Waals surface area contributed by atoms with Gasteiger partial charge in [0, 0.05) is 43.9 Å². The maximum atomic E-state index is 13.1. The molecule has 2 N–H and O–H groups in total. The van der Waals surface area contributed by atoms with E-state index < -0.39 is 0 Å². The van der Waals surface area contributed by atoms with Crippen molar-refractivity contribution < 1.29 is 19.1 Å². The van der Waals surface area contributed by atoms with E-state index in [1.54, 1.807) is 4.90 Å². The van der Waals surface area contributed by atoms with Crippen LogP contribution in [-0.4, -0.2) is 55.6 Å². The maximum absolute atomic E-state index is 13.1. The topological polar surface area (TPSA) is 85.1 Å². The highest BCUT2D eigenvalue weighted by atomic mass is 16.6. The molecule has 7 heteroatoms. The van der Waals surface area contributed by atoms with Gasteiger partial charge in [0.15, 0.2) is 11.5 Å². The molecule has 0 aromatic heterocycles. The van der Waals surface area contributed by atoms with Crippen molar-refractivity contribution in [2.24, 2.45) is 17.6 Å². The summed E-state index contributed by atoms with van der Waals surface area (Å²) in [6.45, 7) is 4.84. The van der Waals surface area contributed by atoms with Gasteiger partial charge in [0.25, 0.3) is 0 Å². The molecule has 146 valence electrons. The number of hydrogen-bond donors (Lipinski definition) is 1. The molecule has 3 aliphatic rings. The van der Waals surface area contributed by atoms with Gasteiger partial charge in [-0.05, 0) is 30.9 Å². The quantitative estimate of drug-likeness (QED) is 0.866. The SMILES string of the molecule is CC1CCN(C(=O)C2CC(=O)N(c3ccc4c(c3)OCCO4)C2)C(CN)C1. The van der Waals surface area contributed by atoms with Gasteiger partial charge < -0.3 is 25.0 Å². The summed E-state index contributed by atoms with van der Waals surface area (Å²) in [5.41, 5.74) is 6.66. The number of rotatable bonds is 3. The van der Waals surface area contributed by atoms with Gasteiger partial charge >= 0.3 is 0 Å². The number of nitrogens with two attached hydrogens (primary N) is 1. The predicted molar refractivity (Wildman–Crippen MR) is 101 cm³/mol. The van der Waals surface area contributed by atoms with Gasteiger partial charge in [-0.1, -0.05) is 6.92 Å². The Morgan fingerprint density at radius 1 is 1.26 bits per heavy atom. The highest BCUT2D eigenvalue weighted by molar-refractivity contribution is 6.00. The molecule has 1 aromatic carbocycles. The highest BCUT2D eigenvalue weighted by Gasteiger charge is 2.40. The summed E-state index contributed by atoms with van der Waals surface area (Å²) in [4.78, 5) is 29.3. The number of carbonyl (C=O) groups excluding carboxylic acids is 2. The monoisotopic (exact) mass is 373 g/mol. The number of amides is 2. The zero-order valence-corrected chi connectivity index (χ0v) is 15.7. The predicted octanol–water partition coefficient (Wildman–Crippen LogP) is 1.40. The second-order valence-electron chi connectivity index (χ2n) is 7.78. The Morgan fingerprint density at radius 3 is 2.81 bits per heavy atom. The van der Waals surface area contributed by atoms with Gasteiger partial charge in [-0.3, -0.25) is 9.59 Å². The number of benzene rings is 1. The normalized spacial score (nSPS) is 27.8. The van der Waals surface area contributed by atoms with E-state index in [1.165, 1.54) is 0 Å². The minimum absolute atomic E-state index is 0.0281. The van der Waals surface area contributed by atoms with Gasteiger partial charge in [0.2, 0.25) is 11.8 Å². The molecule has 0 saturated carbocycles. The molecule has 3 unspecified atom stereocenters. The zero-order chi connectivity index (χ0) is 19.0. The van der Waals surface area contributed by atoms with Gasteiger partial charge in [-0.15, -0.1) is 0 Å². The van der Waals surface area contributed by atoms with E-state index >= 15 is 0 Å². The maximum Gasteiger partial charge on any atom is 0.228 e. The number of fused-ring (bicyclic) bond motifs is 1. The number of ether oxygens (including phenoxy) is 2. The van der Waals surface area contributed by atoms with Crippen molar-refractivity contribution in [3.63, 3.8) is 0 Å². The number of anilines is 1. The Balaban J connectivity index is 1.48. The number of piperidine rings is 1. The molecular formula is C20H27N3O4. The van der Waals surface area contributed by atoms with E-state index in [0.29, 0.717) is 43.7 Å². The third kappa shape index (κ3) is 3.48. The minimum atomic E-state index is -0.312. The molecule has 0 spiro atoms. The van der Waals surface area contributed by atoms with Crippen LogP contribution < -0.4 is 20.1 Å². The lowest BCUT2D eigenvalue weighted by Crippen LogP contribution is -2.51. The summed E-state index contributed by atoms with van der Waals surface area (Å²) < 4.78 is 11.2. The molecule has 3 atom stereocenters. The summed E-state index contributed by atoms with van der Waals surface area (Å²) in [6.07, 6.45) is 2.18. The van der Waals surface area contributed by atoms with Gasteiger partial charge in [-0.2, -0.15) is 0 Å². The smallest absolute Gasteiger partial charge is 0.228 e. The van der Waals surface area contributed by atoms with Crippen molar-refractivity contribution in [3.05, 3.63) is 18.2 Å². The summed E-state index contributed by atoms with van der Waals surface area (Å²) in [6, 6.07) is 5.58. The van der Waals surface area contributed by atoms with Crippen LogP contribution in [0.15, 0.2) is 18.2 Å². The number of hydrogen-bond acceptors (Lipinski definition) is 5. The Labute approximate surface area is 159 Å². The molecule has 3 heterocycles. The number of nitrogens with zero attached hydrogens (tertiary/aromatic N) is 2. The lowest BCUT2D eigenvalue weighted by Gasteiger charge is -2.39. The van der Waals surface area contributed by atoms with Crippen molar-refractivity contribution in [3.8, 4) is 11.5 Å². The van der Waals surface area contributed by atoms with Crippen molar-refractivity contribution >= 4 is 17.5 Å². The first kappa shape index (κ1) is 18.1. The first-order chi connectivity index (χ1) is 13.1. The fraction of sp³-hybridized carbons (Fsp3) is 0.600. The van der Waals surface area contributed by atoms with Crippen LogP contribution >= 0.6 is 0 Å². The molecule has 7 nitrogen and oxygen atoms in total. The van der Waals surface area contributed by atoms with E-state index in [0.717, 1.165) is 25.1 Å². The Hall–Kier alpha value is -2.28. The first-order valence-electron chi connectivity index (χ1n) is 9.77. The Morgan fingerprint density at radius 2 is 2.04 bits per heavy atom. The fourth-order valence-corrected chi connectivity index (χ4v) is 4.32. The Bertz CT molecular complexity index is 738. The molecule has 0 radical (unpaired) electrons. The second kappa shape index (κ2) is 7.38. The van der Waals surface area contributed by atoms with Crippen LogP contribution in [0, 0.1) is 11.8 Å². The van der Waals surface area contributed by atoms with Crippen LogP contribution in [0.2, 0.25) is 0 Å². The largest absolute Gasteiger partial charge is 0.486 e. The summed E-state index contributed by atoms with van der Waals surface area (Å²) in [7, 11) is 0. The van der Waals surface area contributed by atoms with Crippen LogP contribution in [-0.2, 0) is 9.59 Å². The van der Waals surface area contributed by atoms with Crippen molar-refractivity contribution in [1.82, 2.24) is 4.90 Å².